The summed E-state index contributed by atoms with van der Waals surface area (Å²) in [5.74, 6) is 0. The van der Waals surface area contributed by atoms with Crippen molar-refractivity contribution in [2.45, 2.75) is 19.6 Å². The van der Waals surface area contributed by atoms with Gasteiger partial charge in [-0.25, -0.2) is 4.79 Å². The molecule has 5 nitrogen and oxygen atoms in total. The van der Waals surface area contributed by atoms with Crippen LogP contribution in [0.25, 0.3) is 0 Å². The molecule has 20 heavy (non-hydrogen) atoms. The van der Waals surface area contributed by atoms with Crippen LogP contribution in [-0.2, 0) is 17.9 Å². The van der Waals surface area contributed by atoms with Crippen LogP contribution in [0.4, 0.5) is 4.79 Å². The van der Waals surface area contributed by atoms with Gasteiger partial charge in [-0.15, -0.1) is 0 Å². The third-order valence-electron chi connectivity index (χ3n) is 2.65. The second kappa shape index (κ2) is 7.88. The molecule has 0 radical (unpaired) electrons. The summed E-state index contributed by atoms with van der Waals surface area (Å²) in [6.07, 6.45) is 4.21. The molecule has 0 saturated heterocycles. The van der Waals surface area contributed by atoms with E-state index in [4.69, 9.17) is 4.74 Å². The van der Waals surface area contributed by atoms with Crippen molar-refractivity contribution in [3.63, 3.8) is 0 Å². The lowest BCUT2D eigenvalue weighted by molar-refractivity contribution is 0.139. The number of rotatable bonds is 6. The number of hydrogen-bond acceptors (Lipinski definition) is 3. The summed E-state index contributed by atoms with van der Waals surface area (Å²) in [5, 5.41) is 6.90. The molecule has 1 aromatic heterocycles. The number of carbonyl (C=O) groups is 1. The maximum absolute atomic E-state index is 11.5. The van der Waals surface area contributed by atoms with Crippen molar-refractivity contribution >= 4 is 28.7 Å². The van der Waals surface area contributed by atoms with E-state index in [0.29, 0.717) is 13.2 Å². The van der Waals surface area contributed by atoms with E-state index in [2.05, 4.69) is 33.0 Å². The first kappa shape index (κ1) is 14.8. The molecule has 6 heteroatoms. The number of nitrogens with zero attached hydrogens (tertiary/aromatic N) is 2. The van der Waals surface area contributed by atoms with Gasteiger partial charge in [-0.05, 0) is 34.6 Å². The van der Waals surface area contributed by atoms with Crippen molar-refractivity contribution in [1.29, 1.82) is 0 Å². The smallest absolute Gasteiger partial charge is 0.407 e. The lowest BCUT2D eigenvalue weighted by Crippen LogP contribution is -2.26. The predicted molar refractivity (Wildman–Crippen MR) is 84.2 cm³/mol. The van der Waals surface area contributed by atoms with Crippen LogP contribution in [0.1, 0.15) is 12.0 Å². The number of aromatic nitrogens is 2. The third-order valence-corrected chi connectivity index (χ3v) is 3.20. The van der Waals surface area contributed by atoms with Gasteiger partial charge in [0, 0.05) is 19.3 Å². The Morgan fingerprint density at radius 1 is 1.35 bits per heavy atom. The van der Waals surface area contributed by atoms with Crippen LogP contribution >= 0.6 is 22.6 Å². The van der Waals surface area contributed by atoms with Gasteiger partial charge in [0.15, 0.2) is 0 Å². The molecule has 0 spiro atoms. The van der Waals surface area contributed by atoms with Gasteiger partial charge in [-0.2, -0.15) is 5.10 Å². The number of ether oxygens (including phenoxy) is 1. The fourth-order valence-corrected chi connectivity index (χ4v) is 2.11. The van der Waals surface area contributed by atoms with Crippen LogP contribution in [0.3, 0.4) is 0 Å². The zero-order valence-electron chi connectivity index (χ0n) is 11.0. The second-order valence-electron chi connectivity index (χ2n) is 4.26. The molecule has 1 N–H and O–H groups in total. The van der Waals surface area contributed by atoms with Crippen molar-refractivity contribution in [1.82, 2.24) is 15.1 Å². The van der Waals surface area contributed by atoms with Crippen LogP contribution in [0.15, 0.2) is 42.7 Å². The molecule has 0 saturated carbocycles. The summed E-state index contributed by atoms with van der Waals surface area (Å²) in [6, 6.07) is 9.61. The second-order valence-corrected chi connectivity index (χ2v) is 5.51. The quantitative estimate of drug-likeness (QED) is 0.615. The van der Waals surface area contributed by atoms with Gasteiger partial charge in [0.25, 0.3) is 0 Å². The molecule has 0 fully saturated rings. The van der Waals surface area contributed by atoms with Crippen molar-refractivity contribution in [3.8, 4) is 0 Å². The molecule has 1 heterocycles. The normalized spacial score (nSPS) is 10.2. The van der Waals surface area contributed by atoms with Crippen molar-refractivity contribution < 1.29 is 9.53 Å². The minimum Gasteiger partial charge on any atom is -0.445 e. The first-order valence-corrected chi connectivity index (χ1v) is 7.44. The van der Waals surface area contributed by atoms with E-state index >= 15 is 0 Å². The number of benzene rings is 1. The fraction of sp³-hybridized carbons (Fsp3) is 0.286. The fourth-order valence-electron chi connectivity index (χ4n) is 1.67. The molecule has 106 valence electrons. The standard InChI is InChI=1S/C14H16IN3O2/c15-13-9-17-18(10-13)8-4-7-16-14(19)20-11-12-5-2-1-3-6-12/h1-3,5-6,9-10H,4,7-8,11H2,(H,16,19). The summed E-state index contributed by atoms with van der Waals surface area (Å²) in [6.45, 7) is 1.65. The Morgan fingerprint density at radius 3 is 2.85 bits per heavy atom. The number of nitrogens with one attached hydrogen (secondary N) is 1. The first-order valence-electron chi connectivity index (χ1n) is 6.36. The Kier molecular flexibility index (Phi) is 5.85. The highest BCUT2D eigenvalue weighted by atomic mass is 127. The molecule has 0 atom stereocenters. The number of aryl methyl sites for hydroxylation is 1. The molecule has 1 aromatic carbocycles. The van der Waals surface area contributed by atoms with Gasteiger partial charge in [-0.3, -0.25) is 4.68 Å². The molecule has 2 aromatic rings. The number of alkyl carbamates (subject to hydrolysis) is 1. The van der Waals surface area contributed by atoms with Gasteiger partial charge in [-0.1, -0.05) is 30.3 Å². The zero-order valence-corrected chi connectivity index (χ0v) is 13.1. The highest BCUT2D eigenvalue weighted by molar-refractivity contribution is 14.1. The molecule has 0 aliphatic heterocycles. The van der Waals surface area contributed by atoms with Gasteiger partial charge in [0.1, 0.15) is 6.61 Å². The lowest BCUT2D eigenvalue weighted by atomic mass is 10.2. The molecule has 0 bridgehead atoms. The van der Waals surface area contributed by atoms with Gasteiger partial charge in [0.05, 0.1) is 9.77 Å². The van der Waals surface area contributed by atoms with Gasteiger partial charge in [0.2, 0.25) is 0 Å². The van der Waals surface area contributed by atoms with E-state index in [1.54, 1.807) is 0 Å². The van der Waals surface area contributed by atoms with Crippen LogP contribution < -0.4 is 5.32 Å². The Balaban J connectivity index is 1.58. The van der Waals surface area contributed by atoms with Gasteiger partial charge < -0.3 is 10.1 Å². The van der Waals surface area contributed by atoms with E-state index in [1.807, 2.05) is 47.4 Å². The van der Waals surface area contributed by atoms with Crippen LogP contribution in [-0.4, -0.2) is 22.4 Å². The van der Waals surface area contributed by atoms with Crippen molar-refractivity contribution in [3.05, 3.63) is 51.9 Å². The number of carbonyl (C=O) groups excluding carboxylic acids is 1. The Labute approximate surface area is 131 Å². The lowest BCUT2D eigenvalue weighted by Gasteiger charge is -2.07. The molecular formula is C14H16IN3O2. The van der Waals surface area contributed by atoms with Crippen LogP contribution in [0.2, 0.25) is 0 Å². The molecular weight excluding hydrogens is 369 g/mol. The van der Waals surface area contributed by atoms with E-state index in [1.165, 1.54) is 0 Å². The number of amides is 1. The molecule has 0 aliphatic rings. The summed E-state index contributed by atoms with van der Waals surface area (Å²) in [5.41, 5.74) is 0.980. The zero-order chi connectivity index (χ0) is 14.2. The van der Waals surface area contributed by atoms with Crippen molar-refractivity contribution in [2.75, 3.05) is 6.54 Å². The minimum atomic E-state index is -0.385. The highest BCUT2D eigenvalue weighted by Crippen LogP contribution is 2.02. The van der Waals surface area contributed by atoms with E-state index in [-0.39, 0.29) is 6.09 Å². The summed E-state index contributed by atoms with van der Waals surface area (Å²) >= 11 is 2.22. The van der Waals surface area contributed by atoms with Gasteiger partial charge >= 0.3 is 6.09 Å². The maximum Gasteiger partial charge on any atom is 0.407 e. The summed E-state index contributed by atoms with van der Waals surface area (Å²) in [4.78, 5) is 11.5. The largest absolute Gasteiger partial charge is 0.445 e. The Bertz CT molecular complexity index is 542. The predicted octanol–water partition coefficient (Wildman–Crippen LogP) is 2.80. The number of hydrogen-bond donors (Lipinski definition) is 1. The summed E-state index contributed by atoms with van der Waals surface area (Å²) < 4.78 is 8.08. The molecule has 1 amide bonds. The number of halogens is 1. The van der Waals surface area contributed by atoms with Crippen LogP contribution in [0, 0.1) is 3.57 Å². The van der Waals surface area contributed by atoms with E-state index in [0.717, 1.165) is 22.1 Å². The van der Waals surface area contributed by atoms with Crippen molar-refractivity contribution in [2.24, 2.45) is 0 Å². The monoisotopic (exact) mass is 385 g/mol. The maximum atomic E-state index is 11.5. The average Bonchev–Trinajstić information content (AvgIpc) is 2.88. The Hall–Kier alpha value is -1.57. The molecule has 0 aliphatic carbocycles. The SMILES string of the molecule is O=C(NCCCn1cc(I)cn1)OCc1ccccc1. The third kappa shape index (κ3) is 5.20. The molecule has 0 unspecified atom stereocenters. The Morgan fingerprint density at radius 2 is 2.15 bits per heavy atom. The topological polar surface area (TPSA) is 56.2 Å². The highest BCUT2D eigenvalue weighted by Gasteiger charge is 2.02. The van der Waals surface area contributed by atoms with Crippen LogP contribution in [0.5, 0.6) is 0 Å². The van der Waals surface area contributed by atoms with E-state index < -0.39 is 0 Å². The molecule has 2 rings (SSSR count). The average molecular weight is 385 g/mol. The first-order chi connectivity index (χ1) is 9.74. The minimum absolute atomic E-state index is 0.296. The summed E-state index contributed by atoms with van der Waals surface area (Å²) in [7, 11) is 0. The van der Waals surface area contributed by atoms with E-state index in [9.17, 15) is 4.79 Å².